The maximum Gasteiger partial charge on any atom is 0.263 e. The van der Waals surface area contributed by atoms with Gasteiger partial charge in [-0.1, -0.05) is 39.0 Å². The van der Waals surface area contributed by atoms with E-state index in [4.69, 9.17) is 12.2 Å². The molecule has 0 saturated carbocycles. The van der Waals surface area contributed by atoms with Crippen LogP contribution in [0.3, 0.4) is 0 Å². The lowest BCUT2D eigenvalue weighted by Gasteiger charge is -2.45. The van der Waals surface area contributed by atoms with Crippen LogP contribution >= 0.6 is 12.2 Å². The van der Waals surface area contributed by atoms with Gasteiger partial charge in [0.15, 0.2) is 10.7 Å². The quantitative estimate of drug-likeness (QED) is 0.665. The Kier molecular flexibility index (Phi) is 4.93. The number of hydrogen-bond acceptors (Lipinski definition) is 4. The van der Waals surface area contributed by atoms with Crippen molar-refractivity contribution in [2.75, 3.05) is 18.0 Å². The standard InChI is InChI=1S/C16H21N3O2S/c1-4-16(18(5-2)6-3)13(20)17-15(22)19(14(16)21)12-10-8-7-9-11-12/h7-11H,4-6H2,1-3H3,(H,17,20,22). The molecular weight excluding hydrogens is 298 g/mol. The Hall–Kier alpha value is -1.79. The zero-order valence-electron chi connectivity index (χ0n) is 13.1. The molecule has 1 N–H and O–H groups in total. The fourth-order valence-electron chi connectivity index (χ4n) is 3.02. The molecule has 0 spiro atoms. The molecule has 2 amide bonds. The summed E-state index contributed by atoms with van der Waals surface area (Å²) in [6.07, 6.45) is 0.394. The number of amides is 2. The maximum atomic E-state index is 13.2. The summed E-state index contributed by atoms with van der Waals surface area (Å²) < 4.78 is 0. The predicted octanol–water partition coefficient (Wildman–Crippen LogP) is 1.92. The highest BCUT2D eigenvalue weighted by Gasteiger charge is 2.55. The molecule has 1 aliphatic rings. The highest BCUT2D eigenvalue weighted by molar-refractivity contribution is 7.80. The van der Waals surface area contributed by atoms with Crippen molar-refractivity contribution in [2.24, 2.45) is 0 Å². The van der Waals surface area contributed by atoms with Gasteiger partial charge in [0, 0.05) is 0 Å². The molecule has 0 aromatic heterocycles. The van der Waals surface area contributed by atoms with Gasteiger partial charge >= 0.3 is 0 Å². The zero-order chi connectivity index (χ0) is 16.3. The van der Waals surface area contributed by atoms with E-state index in [9.17, 15) is 9.59 Å². The molecule has 1 aromatic carbocycles. The van der Waals surface area contributed by atoms with Crippen molar-refractivity contribution in [1.82, 2.24) is 10.2 Å². The number of benzene rings is 1. The third-order valence-electron chi connectivity index (χ3n) is 4.19. The summed E-state index contributed by atoms with van der Waals surface area (Å²) >= 11 is 5.23. The fraction of sp³-hybridized carbons (Fsp3) is 0.438. The normalized spacial score (nSPS) is 22.2. The lowest BCUT2D eigenvalue weighted by Crippen LogP contribution is -2.73. The summed E-state index contributed by atoms with van der Waals surface area (Å²) in [5, 5.41) is 2.84. The van der Waals surface area contributed by atoms with Crippen LogP contribution in [0.15, 0.2) is 30.3 Å². The number of carbonyl (C=O) groups excluding carboxylic acids is 2. The molecule has 1 unspecified atom stereocenters. The Labute approximate surface area is 136 Å². The van der Waals surface area contributed by atoms with Gasteiger partial charge < -0.3 is 5.32 Å². The molecule has 22 heavy (non-hydrogen) atoms. The largest absolute Gasteiger partial charge is 0.300 e. The van der Waals surface area contributed by atoms with E-state index < -0.39 is 5.54 Å². The summed E-state index contributed by atoms with van der Waals surface area (Å²) in [7, 11) is 0. The molecule has 1 atom stereocenters. The van der Waals surface area contributed by atoms with Crippen LogP contribution in [0.2, 0.25) is 0 Å². The second kappa shape index (κ2) is 6.54. The maximum absolute atomic E-state index is 13.2. The number of para-hydroxylation sites is 1. The van der Waals surface area contributed by atoms with Crippen molar-refractivity contribution in [3.63, 3.8) is 0 Å². The van der Waals surface area contributed by atoms with Crippen LogP contribution in [0.25, 0.3) is 0 Å². The Bertz CT molecular complexity index is 586. The van der Waals surface area contributed by atoms with Gasteiger partial charge in [-0.05, 0) is 43.9 Å². The van der Waals surface area contributed by atoms with Gasteiger partial charge in [0.2, 0.25) is 0 Å². The third-order valence-corrected chi connectivity index (χ3v) is 4.47. The predicted molar refractivity (Wildman–Crippen MR) is 90.6 cm³/mol. The summed E-state index contributed by atoms with van der Waals surface area (Å²) in [6, 6.07) is 9.17. The smallest absolute Gasteiger partial charge is 0.263 e. The first-order chi connectivity index (χ1) is 10.5. The molecule has 1 aliphatic heterocycles. The van der Waals surface area contributed by atoms with E-state index in [1.165, 1.54) is 4.90 Å². The van der Waals surface area contributed by atoms with Gasteiger partial charge in [-0.2, -0.15) is 0 Å². The lowest BCUT2D eigenvalue weighted by molar-refractivity contribution is -0.145. The van der Waals surface area contributed by atoms with Crippen LogP contribution in [0.5, 0.6) is 0 Å². The molecule has 6 heteroatoms. The van der Waals surface area contributed by atoms with Crippen LogP contribution in [0.4, 0.5) is 5.69 Å². The SMILES string of the molecule is CCN(CC)C1(CC)C(=O)NC(=S)N(c2ccccc2)C1=O. The first-order valence-corrected chi connectivity index (χ1v) is 7.93. The average Bonchev–Trinajstić information content (AvgIpc) is 2.52. The van der Waals surface area contributed by atoms with Crippen molar-refractivity contribution in [2.45, 2.75) is 32.7 Å². The first kappa shape index (κ1) is 16.6. The van der Waals surface area contributed by atoms with E-state index in [0.717, 1.165) is 0 Å². The average molecular weight is 319 g/mol. The third kappa shape index (κ3) is 2.42. The molecule has 1 aromatic rings. The number of rotatable bonds is 5. The monoisotopic (exact) mass is 319 g/mol. The number of nitrogens with one attached hydrogen (secondary N) is 1. The van der Waals surface area contributed by atoms with Gasteiger partial charge in [0.05, 0.1) is 5.69 Å². The van der Waals surface area contributed by atoms with Crippen LogP contribution in [0.1, 0.15) is 27.2 Å². The molecular formula is C16H21N3O2S. The number of thiocarbonyl (C=S) groups is 1. The minimum absolute atomic E-state index is 0.137. The topological polar surface area (TPSA) is 52.7 Å². The second-order valence-electron chi connectivity index (χ2n) is 5.12. The van der Waals surface area contributed by atoms with Gasteiger partial charge in [-0.15, -0.1) is 0 Å². The minimum Gasteiger partial charge on any atom is -0.300 e. The number of likely N-dealkylation sites (N-methyl/N-ethyl adjacent to an activating group) is 1. The van der Waals surface area contributed by atoms with E-state index >= 15 is 0 Å². The number of hydrogen-bond donors (Lipinski definition) is 1. The molecule has 1 saturated heterocycles. The van der Waals surface area contributed by atoms with Gasteiger partial charge in [-0.3, -0.25) is 19.4 Å². The Morgan fingerprint density at radius 2 is 1.73 bits per heavy atom. The highest BCUT2D eigenvalue weighted by Crippen LogP contribution is 2.29. The van der Waals surface area contributed by atoms with E-state index in [1.54, 1.807) is 0 Å². The van der Waals surface area contributed by atoms with E-state index in [0.29, 0.717) is 25.2 Å². The zero-order valence-corrected chi connectivity index (χ0v) is 13.9. The Balaban J connectivity index is 2.53. The van der Waals surface area contributed by atoms with Crippen molar-refractivity contribution >= 4 is 34.8 Å². The molecule has 2 rings (SSSR count). The first-order valence-electron chi connectivity index (χ1n) is 7.52. The molecule has 5 nitrogen and oxygen atoms in total. The molecule has 1 heterocycles. The van der Waals surface area contributed by atoms with E-state index in [2.05, 4.69) is 5.32 Å². The fourth-order valence-corrected chi connectivity index (χ4v) is 3.30. The number of carbonyl (C=O) groups is 2. The lowest BCUT2D eigenvalue weighted by atomic mass is 9.88. The molecule has 0 aliphatic carbocycles. The molecule has 1 fully saturated rings. The number of nitrogens with zero attached hydrogens (tertiary/aromatic N) is 2. The number of anilines is 1. The summed E-state index contributed by atoms with van der Waals surface area (Å²) in [5.74, 6) is -0.612. The summed E-state index contributed by atoms with van der Waals surface area (Å²) in [6.45, 7) is 6.97. The Morgan fingerprint density at radius 1 is 1.14 bits per heavy atom. The van der Waals surface area contributed by atoms with Crippen LogP contribution < -0.4 is 10.2 Å². The van der Waals surface area contributed by atoms with E-state index in [-0.39, 0.29) is 16.9 Å². The highest BCUT2D eigenvalue weighted by atomic mass is 32.1. The summed E-state index contributed by atoms with van der Waals surface area (Å²) in [5.41, 5.74) is -0.538. The van der Waals surface area contributed by atoms with Gasteiger partial charge in [0.1, 0.15) is 0 Å². The van der Waals surface area contributed by atoms with Crippen LogP contribution in [-0.4, -0.2) is 40.5 Å². The van der Waals surface area contributed by atoms with Crippen molar-refractivity contribution < 1.29 is 9.59 Å². The van der Waals surface area contributed by atoms with Crippen LogP contribution in [0, 0.1) is 0 Å². The molecule has 0 bridgehead atoms. The van der Waals surface area contributed by atoms with Crippen molar-refractivity contribution in [3.8, 4) is 0 Å². The van der Waals surface area contributed by atoms with Crippen LogP contribution in [-0.2, 0) is 9.59 Å². The Morgan fingerprint density at radius 3 is 2.23 bits per heavy atom. The second-order valence-corrected chi connectivity index (χ2v) is 5.51. The van der Waals surface area contributed by atoms with Gasteiger partial charge in [-0.25, -0.2) is 0 Å². The minimum atomic E-state index is -1.21. The molecule has 118 valence electrons. The van der Waals surface area contributed by atoms with E-state index in [1.807, 2.05) is 56.0 Å². The van der Waals surface area contributed by atoms with Crippen molar-refractivity contribution in [1.29, 1.82) is 0 Å². The molecule has 0 radical (unpaired) electrons. The van der Waals surface area contributed by atoms with Gasteiger partial charge in [0.25, 0.3) is 11.8 Å². The van der Waals surface area contributed by atoms with Crippen molar-refractivity contribution in [3.05, 3.63) is 30.3 Å². The summed E-state index contributed by atoms with van der Waals surface area (Å²) in [4.78, 5) is 29.1.